The molecular formula is C31H52O13S3. The Bertz CT molecular complexity index is 1570. The Kier molecular flexibility index (Phi) is 10.7. The Balaban J connectivity index is 1.78. The molecule has 3 fully saturated rings. The van der Waals surface area contributed by atoms with Crippen LogP contribution in [0.25, 0.3) is 0 Å². The molecule has 3 saturated carbocycles. The van der Waals surface area contributed by atoms with Crippen LogP contribution in [-0.4, -0.2) is 68.4 Å². The zero-order valence-electron chi connectivity index (χ0n) is 28.2. The van der Waals surface area contributed by atoms with E-state index < -0.39 is 72.4 Å². The number of hydrogen-bond acceptors (Lipinski definition) is 10. The van der Waals surface area contributed by atoms with E-state index in [4.69, 9.17) is 8.37 Å². The van der Waals surface area contributed by atoms with Crippen LogP contribution in [0.3, 0.4) is 0 Å². The van der Waals surface area contributed by atoms with Crippen LogP contribution in [0.2, 0.25) is 0 Å². The van der Waals surface area contributed by atoms with Gasteiger partial charge in [-0.15, -0.1) is 0 Å². The molecule has 0 amide bonds. The van der Waals surface area contributed by atoms with Gasteiger partial charge in [-0.3, -0.25) is 13.7 Å². The van der Waals surface area contributed by atoms with Crippen LogP contribution >= 0.6 is 0 Å². The van der Waals surface area contributed by atoms with Gasteiger partial charge >= 0.3 is 31.2 Å². The molecule has 13 nitrogen and oxygen atoms in total. The second-order valence-corrected chi connectivity index (χ2v) is 18.8. The summed E-state index contributed by atoms with van der Waals surface area (Å²) in [4.78, 5) is 0. The zero-order valence-corrected chi connectivity index (χ0v) is 30.6. The van der Waals surface area contributed by atoms with Crippen molar-refractivity contribution >= 4 is 31.2 Å². The molecule has 47 heavy (non-hydrogen) atoms. The third kappa shape index (κ3) is 7.57. The largest absolute Gasteiger partial charge is 0.397 e. The highest BCUT2D eigenvalue weighted by Crippen LogP contribution is 2.72. The number of fused-ring (bicyclic) bond motifs is 5. The Morgan fingerprint density at radius 3 is 1.98 bits per heavy atom. The van der Waals surface area contributed by atoms with E-state index >= 15 is 0 Å². The molecule has 4 N–H and O–H groups in total. The van der Waals surface area contributed by atoms with E-state index in [9.17, 15) is 44.0 Å². The fourth-order valence-electron chi connectivity index (χ4n) is 10.5. The molecule has 4 rings (SSSR count). The summed E-state index contributed by atoms with van der Waals surface area (Å²) in [5.41, 5.74) is 0.0814. The van der Waals surface area contributed by atoms with Gasteiger partial charge in [0.05, 0.1) is 12.2 Å². The van der Waals surface area contributed by atoms with Gasteiger partial charge in [0.1, 0.15) is 12.2 Å². The third-order valence-corrected chi connectivity index (χ3v) is 14.2. The van der Waals surface area contributed by atoms with Crippen molar-refractivity contribution in [2.75, 3.05) is 0 Å². The molecule has 0 aliphatic heterocycles. The smallest absolute Gasteiger partial charge is 0.390 e. The molecule has 0 aromatic heterocycles. The Morgan fingerprint density at radius 2 is 1.47 bits per heavy atom. The molecule has 0 heterocycles. The van der Waals surface area contributed by atoms with E-state index in [1.165, 1.54) is 5.57 Å². The highest BCUT2D eigenvalue weighted by Gasteiger charge is 2.68. The Labute approximate surface area is 280 Å². The fraction of sp³-hybridized carbons (Fsp3) is 0.871. The molecule has 4 aliphatic rings. The first-order valence-corrected chi connectivity index (χ1v) is 20.3. The summed E-state index contributed by atoms with van der Waals surface area (Å²) in [7, 11) is -15.6. The molecule has 0 radical (unpaired) electrons. The van der Waals surface area contributed by atoms with Gasteiger partial charge in [0.15, 0.2) is 0 Å². The van der Waals surface area contributed by atoms with Crippen LogP contribution in [0.5, 0.6) is 0 Å². The monoisotopic (exact) mass is 728 g/mol. The number of hydrogen-bond donors (Lipinski definition) is 4. The highest BCUT2D eigenvalue weighted by molar-refractivity contribution is 7.81. The molecular weight excluding hydrogens is 677 g/mol. The van der Waals surface area contributed by atoms with Crippen LogP contribution < -0.4 is 0 Å². The standard InChI is InChI=1S/C31H52O13S3/c1-17(2)20(18(3)4)10-9-19(5)21-11-13-31(8)23-15-24(42-45(33,34)35)26-27(32)28(44-47(39,40)41)25(43-46(36,37)38)16-29(26,6)22(23)12-14-30(21,31)7/h12,18-21,23-28,32H,1,9-11,13-16H2,2-8H3,(H,33,34,35)(H,36,37,38)(H,39,40,41)/t19-,20?,21-,23-,24+,25+,26+,27-,28-,29-,30-,31+/m1/s1. The molecule has 12 atom stereocenters. The van der Waals surface area contributed by atoms with Gasteiger partial charge in [0, 0.05) is 5.92 Å². The number of allylic oxidation sites excluding steroid dienone is 3. The van der Waals surface area contributed by atoms with Gasteiger partial charge in [0.25, 0.3) is 0 Å². The topological polar surface area (TPSA) is 211 Å². The first-order chi connectivity index (χ1) is 21.2. The van der Waals surface area contributed by atoms with Crippen molar-refractivity contribution in [2.24, 2.45) is 51.8 Å². The molecule has 0 saturated heterocycles. The van der Waals surface area contributed by atoms with E-state index in [2.05, 4.69) is 58.4 Å². The zero-order chi connectivity index (χ0) is 35.7. The Morgan fingerprint density at radius 1 is 0.915 bits per heavy atom. The number of rotatable bonds is 12. The quantitative estimate of drug-likeness (QED) is 0.155. The molecule has 0 spiro atoms. The molecule has 16 heteroatoms. The normalized spacial score (nSPS) is 40.6. The second-order valence-electron chi connectivity index (χ2n) is 15.6. The second kappa shape index (κ2) is 13.0. The first-order valence-electron chi connectivity index (χ1n) is 16.2. The SMILES string of the molecule is C=C(C)C(CC[C@@H](C)[C@H]1CC[C@@]2(C)[C@@H]3C[C@H](OS(=O)(=O)O)[C@H]4[C@@H](O)[C@H](OS(=O)(=O)O)[C@@H](OS(=O)(=O)O)C[C@]4(C)C3=CC[C@]12C)C(C)C. The van der Waals surface area contributed by atoms with Crippen molar-refractivity contribution in [1.29, 1.82) is 0 Å². The van der Waals surface area contributed by atoms with Crippen LogP contribution in [0.1, 0.15) is 93.4 Å². The molecule has 272 valence electrons. The van der Waals surface area contributed by atoms with E-state index in [0.29, 0.717) is 30.1 Å². The summed E-state index contributed by atoms with van der Waals surface area (Å²) in [6.45, 7) is 19.1. The van der Waals surface area contributed by atoms with E-state index in [1.54, 1.807) is 6.92 Å². The van der Waals surface area contributed by atoms with Gasteiger partial charge in [-0.2, -0.15) is 25.3 Å². The lowest BCUT2D eigenvalue weighted by Crippen LogP contribution is -2.65. The van der Waals surface area contributed by atoms with Crippen molar-refractivity contribution in [1.82, 2.24) is 0 Å². The van der Waals surface area contributed by atoms with E-state index in [1.807, 2.05) is 0 Å². The average Bonchev–Trinajstić information content (AvgIpc) is 3.15. The van der Waals surface area contributed by atoms with Crippen molar-refractivity contribution in [3.8, 4) is 0 Å². The minimum absolute atomic E-state index is 0.0453. The van der Waals surface area contributed by atoms with E-state index in [-0.39, 0.29) is 24.2 Å². The number of aliphatic hydroxyl groups excluding tert-OH is 1. The van der Waals surface area contributed by atoms with Crippen LogP contribution in [0, 0.1) is 51.8 Å². The molecule has 1 unspecified atom stereocenters. The average molecular weight is 729 g/mol. The highest BCUT2D eigenvalue weighted by atomic mass is 32.3. The molecule has 0 bridgehead atoms. The maximum absolute atomic E-state index is 12.2. The Hall–Kier alpha value is -0.950. The van der Waals surface area contributed by atoms with Gasteiger partial charge in [-0.05, 0) is 97.7 Å². The summed E-state index contributed by atoms with van der Waals surface area (Å²) < 4.78 is 115. The van der Waals surface area contributed by atoms with E-state index in [0.717, 1.165) is 31.3 Å². The maximum atomic E-state index is 12.2. The predicted molar refractivity (Wildman–Crippen MR) is 173 cm³/mol. The predicted octanol–water partition coefficient (Wildman–Crippen LogP) is 4.97. The van der Waals surface area contributed by atoms with Crippen molar-refractivity contribution in [2.45, 2.75) is 118 Å². The van der Waals surface area contributed by atoms with Gasteiger partial charge in [-0.1, -0.05) is 65.3 Å². The molecule has 0 aromatic carbocycles. The van der Waals surface area contributed by atoms with Crippen LogP contribution in [0.4, 0.5) is 0 Å². The fourth-order valence-corrected chi connectivity index (χ4v) is 12.0. The van der Waals surface area contributed by atoms with Crippen molar-refractivity contribution in [3.05, 3.63) is 23.8 Å². The third-order valence-electron chi connectivity index (χ3n) is 12.7. The van der Waals surface area contributed by atoms with Gasteiger partial charge in [-0.25, -0.2) is 12.5 Å². The van der Waals surface area contributed by atoms with Gasteiger partial charge < -0.3 is 5.11 Å². The summed E-state index contributed by atoms with van der Waals surface area (Å²) in [6.07, 6.45) is -1.06. The minimum Gasteiger partial charge on any atom is -0.390 e. The lowest BCUT2D eigenvalue weighted by Gasteiger charge is -2.63. The number of aliphatic hydroxyl groups is 1. The van der Waals surface area contributed by atoms with Crippen molar-refractivity contribution in [3.63, 3.8) is 0 Å². The lowest BCUT2D eigenvalue weighted by atomic mass is 9.43. The van der Waals surface area contributed by atoms with Crippen LogP contribution in [-0.2, 0) is 43.7 Å². The summed E-state index contributed by atoms with van der Waals surface area (Å²) in [5.74, 6) is 0.00372. The van der Waals surface area contributed by atoms with Crippen LogP contribution in [0.15, 0.2) is 23.8 Å². The lowest BCUT2D eigenvalue weighted by molar-refractivity contribution is -0.179. The maximum Gasteiger partial charge on any atom is 0.397 e. The first kappa shape index (κ1) is 38.8. The van der Waals surface area contributed by atoms with Crippen molar-refractivity contribution < 1.29 is 56.6 Å². The summed E-state index contributed by atoms with van der Waals surface area (Å²) in [5, 5.41) is 11.6. The molecule has 0 aromatic rings. The minimum atomic E-state index is -5.29. The molecule has 4 aliphatic carbocycles. The van der Waals surface area contributed by atoms with Gasteiger partial charge in [0.2, 0.25) is 0 Å². The summed E-state index contributed by atoms with van der Waals surface area (Å²) in [6, 6.07) is 0. The summed E-state index contributed by atoms with van der Waals surface area (Å²) >= 11 is 0.